The smallest absolute Gasteiger partial charge is 0.150 e. The number of phenolic OH excluding ortho intramolecular Hbond substituents is 1. The Morgan fingerprint density at radius 3 is 2.27 bits per heavy atom. The predicted molar refractivity (Wildman–Crippen MR) is 102 cm³/mol. The van der Waals surface area contributed by atoms with E-state index < -0.39 is 0 Å². The van der Waals surface area contributed by atoms with Crippen molar-refractivity contribution in [3.05, 3.63) is 94.8 Å². The van der Waals surface area contributed by atoms with Gasteiger partial charge in [-0.3, -0.25) is 0 Å². The largest absolute Gasteiger partial charge is 0.508 e. The Morgan fingerprint density at radius 2 is 1.58 bits per heavy atom. The SMILES string of the molecule is CC1=C(c2ccc(F)cc2)C(c2ccc(C)cc2)Oc2cc(O)ccc21. The third-order valence-corrected chi connectivity index (χ3v) is 4.82. The van der Waals surface area contributed by atoms with Crippen molar-refractivity contribution in [3.8, 4) is 11.5 Å². The van der Waals surface area contributed by atoms with E-state index in [1.165, 1.54) is 17.7 Å². The molecule has 1 heterocycles. The summed E-state index contributed by atoms with van der Waals surface area (Å²) in [7, 11) is 0. The van der Waals surface area contributed by atoms with Crippen molar-refractivity contribution in [3.63, 3.8) is 0 Å². The molecule has 0 spiro atoms. The van der Waals surface area contributed by atoms with Gasteiger partial charge in [0.05, 0.1) is 0 Å². The van der Waals surface area contributed by atoms with Crippen LogP contribution in [0.25, 0.3) is 11.1 Å². The summed E-state index contributed by atoms with van der Waals surface area (Å²) < 4.78 is 19.7. The number of benzene rings is 3. The third-order valence-electron chi connectivity index (χ3n) is 4.82. The Morgan fingerprint density at radius 1 is 0.885 bits per heavy atom. The molecule has 3 heteroatoms. The molecule has 0 aromatic heterocycles. The lowest BCUT2D eigenvalue weighted by molar-refractivity contribution is 0.259. The molecule has 1 aliphatic rings. The van der Waals surface area contributed by atoms with Gasteiger partial charge in [0.1, 0.15) is 23.4 Å². The van der Waals surface area contributed by atoms with Gasteiger partial charge < -0.3 is 9.84 Å². The molecule has 1 unspecified atom stereocenters. The maximum absolute atomic E-state index is 13.4. The van der Waals surface area contributed by atoms with Gasteiger partial charge in [0, 0.05) is 17.2 Å². The zero-order chi connectivity index (χ0) is 18.3. The summed E-state index contributed by atoms with van der Waals surface area (Å²) >= 11 is 0. The fourth-order valence-corrected chi connectivity index (χ4v) is 3.42. The van der Waals surface area contributed by atoms with E-state index in [2.05, 4.69) is 0 Å². The molecule has 1 N–H and O–H groups in total. The molecule has 3 aromatic carbocycles. The fraction of sp³-hybridized carbons (Fsp3) is 0.130. The average Bonchev–Trinajstić information content (AvgIpc) is 2.63. The van der Waals surface area contributed by atoms with E-state index in [1.807, 2.05) is 44.2 Å². The molecule has 3 aromatic rings. The molecule has 1 atom stereocenters. The van der Waals surface area contributed by atoms with Gasteiger partial charge >= 0.3 is 0 Å². The van der Waals surface area contributed by atoms with Crippen LogP contribution in [0.5, 0.6) is 11.5 Å². The highest BCUT2D eigenvalue weighted by atomic mass is 19.1. The highest BCUT2D eigenvalue weighted by molar-refractivity contribution is 5.95. The number of hydrogen-bond donors (Lipinski definition) is 1. The second kappa shape index (κ2) is 6.34. The van der Waals surface area contributed by atoms with E-state index in [9.17, 15) is 9.50 Å². The Labute approximate surface area is 152 Å². The van der Waals surface area contributed by atoms with Crippen LogP contribution in [0.3, 0.4) is 0 Å². The van der Waals surface area contributed by atoms with Crippen molar-refractivity contribution in [2.75, 3.05) is 0 Å². The number of hydrogen-bond acceptors (Lipinski definition) is 2. The number of aryl methyl sites for hydroxylation is 1. The van der Waals surface area contributed by atoms with E-state index in [1.54, 1.807) is 24.3 Å². The Kier molecular flexibility index (Phi) is 4.00. The molecule has 2 nitrogen and oxygen atoms in total. The number of ether oxygens (including phenoxy) is 1. The number of fused-ring (bicyclic) bond motifs is 1. The first kappa shape index (κ1) is 16.4. The lowest BCUT2D eigenvalue weighted by Gasteiger charge is -2.31. The number of rotatable bonds is 2. The van der Waals surface area contributed by atoms with E-state index >= 15 is 0 Å². The van der Waals surface area contributed by atoms with Gasteiger partial charge in [-0.05, 0) is 54.8 Å². The number of allylic oxidation sites excluding steroid dienone is 1. The van der Waals surface area contributed by atoms with E-state index in [4.69, 9.17) is 4.74 Å². The molecule has 130 valence electrons. The van der Waals surface area contributed by atoms with Crippen LogP contribution >= 0.6 is 0 Å². The maximum atomic E-state index is 13.4. The van der Waals surface area contributed by atoms with Crippen LogP contribution in [0.4, 0.5) is 4.39 Å². The standard InChI is InChI=1S/C23H19FO2/c1-14-3-5-17(6-4-14)23-22(16-7-9-18(24)10-8-16)15(2)20-12-11-19(25)13-21(20)26-23/h3-13,23,25H,1-2H3. The maximum Gasteiger partial charge on any atom is 0.150 e. The van der Waals surface area contributed by atoms with Crippen LogP contribution in [0, 0.1) is 12.7 Å². The molecular weight excluding hydrogens is 327 g/mol. The minimum atomic E-state index is -0.324. The van der Waals surface area contributed by atoms with Gasteiger partial charge in [-0.25, -0.2) is 4.39 Å². The summed E-state index contributed by atoms with van der Waals surface area (Å²) in [6.45, 7) is 4.08. The zero-order valence-corrected chi connectivity index (χ0v) is 14.7. The number of halogens is 1. The lowest BCUT2D eigenvalue weighted by atomic mass is 9.86. The first-order valence-corrected chi connectivity index (χ1v) is 8.56. The molecule has 1 aliphatic heterocycles. The number of phenols is 1. The van der Waals surface area contributed by atoms with Crippen LogP contribution in [0.15, 0.2) is 66.7 Å². The molecule has 0 bridgehead atoms. The molecule has 0 fully saturated rings. The molecule has 4 rings (SSSR count). The summed E-state index contributed by atoms with van der Waals surface area (Å²) in [5.41, 5.74) is 6.11. The van der Waals surface area contributed by atoms with E-state index in [-0.39, 0.29) is 17.7 Å². The molecule has 0 saturated carbocycles. The second-order valence-electron chi connectivity index (χ2n) is 6.63. The molecule has 0 aliphatic carbocycles. The summed E-state index contributed by atoms with van der Waals surface area (Å²) in [6.07, 6.45) is -0.324. The highest BCUT2D eigenvalue weighted by Gasteiger charge is 2.29. The van der Waals surface area contributed by atoms with Crippen LogP contribution in [-0.2, 0) is 0 Å². The predicted octanol–water partition coefficient (Wildman–Crippen LogP) is 5.90. The lowest BCUT2D eigenvalue weighted by Crippen LogP contribution is -2.16. The van der Waals surface area contributed by atoms with Gasteiger partial charge in [0.2, 0.25) is 0 Å². The van der Waals surface area contributed by atoms with E-state index in [0.29, 0.717) is 5.75 Å². The summed E-state index contributed by atoms with van der Waals surface area (Å²) in [6, 6.07) is 19.8. The van der Waals surface area contributed by atoms with Gasteiger partial charge in [-0.1, -0.05) is 42.0 Å². The average molecular weight is 346 g/mol. The van der Waals surface area contributed by atoms with Crippen molar-refractivity contribution in [1.29, 1.82) is 0 Å². The van der Waals surface area contributed by atoms with E-state index in [0.717, 1.165) is 27.8 Å². The molecular formula is C23H19FO2. The minimum Gasteiger partial charge on any atom is -0.508 e. The Bertz CT molecular complexity index is 986. The summed E-state index contributed by atoms with van der Waals surface area (Å²) in [5, 5.41) is 9.84. The van der Waals surface area contributed by atoms with Crippen LogP contribution < -0.4 is 4.74 Å². The Hall–Kier alpha value is -3.07. The van der Waals surface area contributed by atoms with Crippen molar-refractivity contribution in [2.45, 2.75) is 20.0 Å². The van der Waals surface area contributed by atoms with Gasteiger partial charge in [-0.2, -0.15) is 0 Å². The quantitative estimate of drug-likeness (QED) is 0.625. The van der Waals surface area contributed by atoms with Gasteiger partial charge in [0.25, 0.3) is 0 Å². The van der Waals surface area contributed by atoms with Crippen molar-refractivity contribution >= 4 is 11.1 Å². The molecule has 26 heavy (non-hydrogen) atoms. The van der Waals surface area contributed by atoms with Crippen LogP contribution in [0.1, 0.15) is 35.3 Å². The number of aromatic hydroxyl groups is 1. The fourth-order valence-electron chi connectivity index (χ4n) is 3.42. The highest BCUT2D eigenvalue weighted by Crippen LogP contribution is 2.47. The normalized spacial score (nSPS) is 16.2. The molecule has 0 radical (unpaired) electrons. The van der Waals surface area contributed by atoms with Crippen molar-refractivity contribution in [1.82, 2.24) is 0 Å². The van der Waals surface area contributed by atoms with Crippen molar-refractivity contribution < 1.29 is 14.2 Å². The topological polar surface area (TPSA) is 29.5 Å². The van der Waals surface area contributed by atoms with Gasteiger partial charge in [-0.15, -0.1) is 0 Å². The zero-order valence-electron chi connectivity index (χ0n) is 14.7. The first-order valence-electron chi connectivity index (χ1n) is 8.56. The second-order valence-corrected chi connectivity index (χ2v) is 6.63. The monoisotopic (exact) mass is 346 g/mol. The minimum absolute atomic E-state index is 0.171. The molecule has 0 saturated heterocycles. The van der Waals surface area contributed by atoms with Crippen molar-refractivity contribution in [2.24, 2.45) is 0 Å². The Balaban J connectivity index is 1.92. The van der Waals surface area contributed by atoms with Crippen LogP contribution in [0.2, 0.25) is 0 Å². The van der Waals surface area contributed by atoms with Gasteiger partial charge in [0.15, 0.2) is 0 Å². The summed E-state index contributed by atoms with van der Waals surface area (Å²) in [5.74, 6) is 0.560. The third kappa shape index (κ3) is 2.86. The van der Waals surface area contributed by atoms with Crippen LogP contribution in [-0.4, -0.2) is 5.11 Å². The first-order chi connectivity index (χ1) is 12.5. The molecule has 0 amide bonds. The summed E-state index contributed by atoms with van der Waals surface area (Å²) in [4.78, 5) is 0.